The van der Waals surface area contributed by atoms with Crippen molar-refractivity contribution in [1.82, 2.24) is 4.90 Å². The molecule has 6 heteroatoms. The van der Waals surface area contributed by atoms with Gasteiger partial charge in [0.25, 0.3) is 17.7 Å². The fourth-order valence-electron chi connectivity index (χ4n) is 3.26. The van der Waals surface area contributed by atoms with Gasteiger partial charge in [-0.05, 0) is 48.0 Å². The average molecular weight is 360 g/mol. The molecule has 2 N–H and O–H groups in total. The Morgan fingerprint density at radius 1 is 0.963 bits per heavy atom. The Bertz CT molecular complexity index is 1120. The average Bonchev–Trinajstić information content (AvgIpc) is 2.90. The molecule has 0 aromatic heterocycles. The second-order valence-corrected chi connectivity index (χ2v) is 6.29. The maximum atomic E-state index is 12.6. The number of nitrogens with one attached hydrogen (secondary N) is 1. The summed E-state index contributed by atoms with van der Waals surface area (Å²) in [5, 5.41) is 14.5. The number of fused-ring (bicyclic) bond motifs is 2. The second kappa shape index (κ2) is 6.25. The van der Waals surface area contributed by atoms with E-state index in [2.05, 4.69) is 5.32 Å². The molecule has 0 radical (unpaired) electrons. The van der Waals surface area contributed by atoms with Crippen molar-refractivity contribution in [1.29, 1.82) is 0 Å². The first-order valence-corrected chi connectivity index (χ1v) is 8.53. The van der Waals surface area contributed by atoms with Crippen LogP contribution in [0.2, 0.25) is 0 Å². The lowest BCUT2D eigenvalue weighted by Gasteiger charge is -2.09. The minimum absolute atomic E-state index is 0.129. The number of imide groups is 1. The molecule has 0 atom stereocenters. The predicted octanol–water partition coefficient (Wildman–Crippen LogP) is 3.41. The van der Waals surface area contributed by atoms with Gasteiger partial charge in [-0.25, -0.2) is 0 Å². The molecule has 0 bridgehead atoms. The van der Waals surface area contributed by atoms with E-state index in [1.165, 1.54) is 18.2 Å². The zero-order valence-corrected chi connectivity index (χ0v) is 14.5. The van der Waals surface area contributed by atoms with Crippen molar-refractivity contribution in [2.75, 3.05) is 11.9 Å². The third-order valence-electron chi connectivity index (χ3n) is 4.65. The van der Waals surface area contributed by atoms with Crippen molar-refractivity contribution in [3.8, 4) is 5.75 Å². The van der Waals surface area contributed by atoms with Gasteiger partial charge in [-0.1, -0.05) is 24.3 Å². The number of hydrogen-bond acceptors (Lipinski definition) is 4. The van der Waals surface area contributed by atoms with E-state index in [-0.39, 0.29) is 28.7 Å². The molecule has 1 aliphatic rings. The Morgan fingerprint density at radius 3 is 2.33 bits per heavy atom. The molecule has 134 valence electrons. The van der Waals surface area contributed by atoms with Gasteiger partial charge in [0.2, 0.25) is 0 Å². The highest BCUT2D eigenvalue weighted by molar-refractivity contribution is 6.22. The number of anilines is 1. The Kier molecular flexibility index (Phi) is 3.88. The minimum atomic E-state index is -0.498. The molecule has 3 aromatic rings. The topological polar surface area (TPSA) is 86.7 Å². The molecule has 1 aliphatic heterocycles. The van der Waals surface area contributed by atoms with Crippen LogP contribution in [0.25, 0.3) is 10.8 Å². The maximum absolute atomic E-state index is 12.6. The molecule has 4 rings (SSSR count). The number of hydrogen-bond donors (Lipinski definition) is 2. The summed E-state index contributed by atoms with van der Waals surface area (Å²) in [5.41, 5.74) is 1.10. The van der Waals surface area contributed by atoms with E-state index in [1.807, 2.05) is 24.3 Å². The summed E-state index contributed by atoms with van der Waals surface area (Å²) >= 11 is 0. The molecular formula is C21H16N2O4. The van der Waals surface area contributed by atoms with Crippen LogP contribution >= 0.6 is 0 Å². The van der Waals surface area contributed by atoms with Crippen LogP contribution in [0.5, 0.6) is 5.75 Å². The summed E-state index contributed by atoms with van der Waals surface area (Å²) in [4.78, 5) is 38.2. The molecule has 0 unspecified atom stereocenters. The highest BCUT2D eigenvalue weighted by Crippen LogP contribution is 2.28. The molecule has 6 nitrogen and oxygen atoms in total. The summed E-state index contributed by atoms with van der Waals surface area (Å²) in [5.74, 6) is -1.33. The molecule has 3 aromatic carbocycles. The molecule has 0 spiro atoms. The standard InChI is InChI=1S/C21H16N2O4/c1-2-23-20(26)15-8-7-14(11-16(15)21(23)27)22-19(25)17-9-12-5-3-4-6-13(12)10-18(17)24/h3-11,24H,2H2,1H3,(H,22,25). The van der Waals surface area contributed by atoms with Crippen LogP contribution in [0.4, 0.5) is 5.69 Å². The van der Waals surface area contributed by atoms with Crippen molar-refractivity contribution in [3.63, 3.8) is 0 Å². The van der Waals surface area contributed by atoms with Gasteiger partial charge in [0.05, 0.1) is 16.7 Å². The van der Waals surface area contributed by atoms with Gasteiger partial charge < -0.3 is 10.4 Å². The zero-order valence-electron chi connectivity index (χ0n) is 14.5. The van der Waals surface area contributed by atoms with Gasteiger partial charge in [-0.2, -0.15) is 0 Å². The fraction of sp³-hybridized carbons (Fsp3) is 0.0952. The third kappa shape index (κ3) is 2.71. The minimum Gasteiger partial charge on any atom is -0.507 e. The van der Waals surface area contributed by atoms with Crippen LogP contribution in [0.15, 0.2) is 54.6 Å². The van der Waals surface area contributed by atoms with Gasteiger partial charge in [-0.15, -0.1) is 0 Å². The second-order valence-electron chi connectivity index (χ2n) is 6.29. The van der Waals surface area contributed by atoms with E-state index < -0.39 is 5.91 Å². The van der Waals surface area contributed by atoms with Crippen molar-refractivity contribution < 1.29 is 19.5 Å². The smallest absolute Gasteiger partial charge is 0.261 e. The molecule has 0 fully saturated rings. The Balaban J connectivity index is 1.65. The molecule has 0 aliphatic carbocycles. The largest absolute Gasteiger partial charge is 0.507 e. The van der Waals surface area contributed by atoms with Crippen LogP contribution in [0.3, 0.4) is 0 Å². The lowest BCUT2D eigenvalue weighted by atomic mass is 10.0. The SMILES string of the molecule is CCN1C(=O)c2ccc(NC(=O)c3cc4ccccc4cc3O)cc2C1=O. The molecule has 3 amide bonds. The van der Waals surface area contributed by atoms with E-state index in [0.29, 0.717) is 17.8 Å². The third-order valence-corrected chi connectivity index (χ3v) is 4.65. The summed E-state index contributed by atoms with van der Waals surface area (Å²) in [6.45, 7) is 2.02. The van der Waals surface area contributed by atoms with Crippen molar-refractivity contribution >= 4 is 34.2 Å². The number of aromatic hydroxyl groups is 1. The number of nitrogens with zero attached hydrogens (tertiary/aromatic N) is 1. The number of rotatable bonds is 3. The summed E-state index contributed by atoms with van der Waals surface area (Å²) in [6, 6.07) is 15.1. The number of phenols is 1. The molecule has 27 heavy (non-hydrogen) atoms. The van der Waals surface area contributed by atoms with Gasteiger partial charge >= 0.3 is 0 Å². The molecule has 1 heterocycles. The summed E-state index contributed by atoms with van der Waals surface area (Å²) in [7, 11) is 0. The van der Waals surface area contributed by atoms with Crippen molar-refractivity contribution in [2.45, 2.75) is 6.92 Å². The van der Waals surface area contributed by atoms with Crippen LogP contribution in [0, 0.1) is 0 Å². The van der Waals surface area contributed by atoms with Crippen LogP contribution in [0.1, 0.15) is 38.0 Å². The lowest BCUT2D eigenvalue weighted by molar-refractivity contribution is 0.0662. The van der Waals surface area contributed by atoms with Crippen LogP contribution < -0.4 is 5.32 Å². The summed E-state index contributed by atoms with van der Waals surface area (Å²) < 4.78 is 0. The lowest BCUT2D eigenvalue weighted by Crippen LogP contribution is -2.29. The Labute approximate surface area is 155 Å². The number of benzene rings is 3. The normalized spacial score (nSPS) is 13.1. The number of amides is 3. The molecule has 0 saturated carbocycles. The van der Waals surface area contributed by atoms with Crippen LogP contribution in [-0.4, -0.2) is 34.3 Å². The van der Waals surface area contributed by atoms with Gasteiger partial charge in [-0.3, -0.25) is 19.3 Å². The van der Waals surface area contributed by atoms with Gasteiger partial charge in [0.15, 0.2) is 0 Å². The first-order chi connectivity index (χ1) is 13.0. The number of carbonyl (C=O) groups excluding carboxylic acids is 3. The van der Waals surface area contributed by atoms with E-state index in [0.717, 1.165) is 15.7 Å². The maximum Gasteiger partial charge on any atom is 0.261 e. The highest BCUT2D eigenvalue weighted by Gasteiger charge is 2.34. The van der Waals surface area contributed by atoms with E-state index in [1.54, 1.807) is 19.1 Å². The Morgan fingerprint density at radius 2 is 1.63 bits per heavy atom. The highest BCUT2D eigenvalue weighted by atomic mass is 16.3. The number of carbonyl (C=O) groups is 3. The summed E-state index contributed by atoms with van der Waals surface area (Å²) in [6.07, 6.45) is 0. The molecular weight excluding hydrogens is 344 g/mol. The monoisotopic (exact) mass is 360 g/mol. The molecule has 0 saturated heterocycles. The van der Waals surface area contributed by atoms with Crippen molar-refractivity contribution in [3.05, 3.63) is 71.3 Å². The van der Waals surface area contributed by atoms with E-state index >= 15 is 0 Å². The predicted molar refractivity (Wildman–Crippen MR) is 101 cm³/mol. The van der Waals surface area contributed by atoms with E-state index in [9.17, 15) is 19.5 Å². The van der Waals surface area contributed by atoms with E-state index in [4.69, 9.17) is 0 Å². The first kappa shape index (κ1) is 16.8. The van der Waals surface area contributed by atoms with Gasteiger partial charge in [0.1, 0.15) is 5.75 Å². The van der Waals surface area contributed by atoms with Crippen LogP contribution in [-0.2, 0) is 0 Å². The van der Waals surface area contributed by atoms with Crippen molar-refractivity contribution in [2.24, 2.45) is 0 Å². The number of phenolic OH excluding ortho intramolecular Hbond substituents is 1. The quantitative estimate of drug-likeness (QED) is 0.701. The zero-order chi connectivity index (χ0) is 19.1. The first-order valence-electron chi connectivity index (χ1n) is 8.53. The fourth-order valence-corrected chi connectivity index (χ4v) is 3.26. The Hall–Kier alpha value is -3.67. The van der Waals surface area contributed by atoms with Gasteiger partial charge in [0, 0.05) is 12.2 Å².